The molecule has 0 saturated heterocycles. The van der Waals surface area contributed by atoms with E-state index in [4.69, 9.17) is 0 Å². The van der Waals surface area contributed by atoms with Gasteiger partial charge in [-0.2, -0.15) is 0 Å². The molecule has 0 saturated carbocycles. The molecule has 3 nitrogen and oxygen atoms in total. The van der Waals surface area contributed by atoms with E-state index >= 15 is 0 Å². The van der Waals surface area contributed by atoms with E-state index in [1.54, 1.807) is 11.3 Å². The molecule has 0 aliphatic carbocycles. The number of rotatable bonds is 6. The van der Waals surface area contributed by atoms with Crippen molar-refractivity contribution in [2.24, 2.45) is 0 Å². The van der Waals surface area contributed by atoms with Crippen LogP contribution in [0.1, 0.15) is 34.6 Å². The van der Waals surface area contributed by atoms with Crippen molar-refractivity contribution in [3.63, 3.8) is 0 Å². The molecule has 0 aliphatic rings. The maximum atomic E-state index is 12.9. The molecule has 0 fully saturated rings. The lowest BCUT2D eigenvalue weighted by molar-refractivity contribution is 0.0944. The van der Waals surface area contributed by atoms with Gasteiger partial charge >= 0.3 is 0 Å². The fraction of sp³-hybridized carbons (Fsp3) is 0.174. The van der Waals surface area contributed by atoms with Crippen LogP contribution in [0.5, 0.6) is 0 Å². The van der Waals surface area contributed by atoms with E-state index < -0.39 is 0 Å². The van der Waals surface area contributed by atoms with Gasteiger partial charge in [0.25, 0.3) is 5.91 Å². The lowest BCUT2D eigenvalue weighted by atomic mass is 10.1. The van der Waals surface area contributed by atoms with E-state index in [-0.39, 0.29) is 11.9 Å². The molecule has 1 atom stereocenters. The second kappa shape index (κ2) is 7.80. The van der Waals surface area contributed by atoms with E-state index in [9.17, 15) is 4.79 Å². The minimum absolute atomic E-state index is 0.0166. The van der Waals surface area contributed by atoms with Crippen LogP contribution in [0.25, 0.3) is 10.2 Å². The Hall–Kier alpha value is -2.85. The highest BCUT2D eigenvalue weighted by Crippen LogP contribution is 2.31. The van der Waals surface area contributed by atoms with Gasteiger partial charge in [0.1, 0.15) is 10.5 Å². The normalized spacial score (nSPS) is 12.2. The van der Waals surface area contributed by atoms with Crippen LogP contribution in [-0.4, -0.2) is 17.0 Å². The zero-order chi connectivity index (χ0) is 18.6. The molecule has 27 heavy (non-hydrogen) atoms. The van der Waals surface area contributed by atoms with Gasteiger partial charge < -0.3 is 9.88 Å². The zero-order valence-corrected chi connectivity index (χ0v) is 16.1. The van der Waals surface area contributed by atoms with Crippen LogP contribution in [-0.2, 0) is 6.42 Å². The molecule has 0 unspecified atom stereocenters. The van der Waals surface area contributed by atoms with Crippen molar-refractivity contribution in [3.05, 3.63) is 95.0 Å². The molecule has 1 N–H and O–H groups in total. The highest BCUT2D eigenvalue weighted by Gasteiger charge is 2.21. The van der Waals surface area contributed by atoms with Crippen molar-refractivity contribution in [2.75, 3.05) is 6.54 Å². The number of benzene rings is 2. The highest BCUT2D eigenvalue weighted by atomic mass is 32.1. The fourth-order valence-electron chi connectivity index (χ4n) is 3.44. The van der Waals surface area contributed by atoms with Gasteiger partial charge in [-0.3, -0.25) is 4.79 Å². The highest BCUT2D eigenvalue weighted by molar-refractivity contribution is 7.16. The maximum absolute atomic E-state index is 12.9. The van der Waals surface area contributed by atoms with Crippen LogP contribution in [0.3, 0.4) is 0 Å². The number of nitrogens with zero attached hydrogens (tertiary/aromatic N) is 1. The summed E-state index contributed by atoms with van der Waals surface area (Å²) >= 11 is 1.68. The van der Waals surface area contributed by atoms with Crippen molar-refractivity contribution >= 4 is 27.5 Å². The lowest BCUT2D eigenvalue weighted by Crippen LogP contribution is -2.28. The molecule has 0 radical (unpaired) electrons. The average Bonchev–Trinajstić information content (AvgIpc) is 3.30. The molecule has 1 amide bonds. The van der Waals surface area contributed by atoms with Crippen molar-refractivity contribution in [1.29, 1.82) is 0 Å². The Morgan fingerprint density at radius 3 is 2.48 bits per heavy atom. The quantitative estimate of drug-likeness (QED) is 0.489. The number of thiophene rings is 1. The Morgan fingerprint density at radius 1 is 1.04 bits per heavy atom. The van der Waals surface area contributed by atoms with Crippen molar-refractivity contribution in [3.8, 4) is 0 Å². The van der Waals surface area contributed by atoms with Crippen molar-refractivity contribution < 1.29 is 4.79 Å². The predicted molar refractivity (Wildman–Crippen MR) is 113 cm³/mol. The van der Waals surface area contributed by atoms with Crippen LogP contribution in [0.2, 0.25) is 0 Å². The summed E-state index contributed by atoms with van der Waals surface area (Å²) in [7, 11) is 0. The van der Waals surface area contributed by atoms with Crippen LogP contribution in [0, 0.1) is 0 Å². The first-order valence-electron chi connectivity index (χ1n) is 9.19. The number of carbonyl (C=O) groups is 1. The lowest BCUT2D eigenvalue weighted by Gasteiger charge is -2.18. The Morgan fingerprint density at radius 2 is 1.74 bits per heavy atom. The van der Waals surface area contributed by atoms with E-state index in [0.717, 1.165) is 22.3 Å². The molecule has 4 rings (SSSR count). The second-order valence-corrected chi connectivity index (χ2v) is 7.55. The summed E-state index contributed by atoms with van der Waals surface area (Å²) in [6.07, 6.45) is 0.829. The molecular weight excluding hydrogens is 352 g/mol. The van der Waals surface area contributed by atoms with Crippen molar-refractivity contribution in [1.82, 2.24) is 9.88 Å². The molecule has 136 valence electrons. The minimum atomic E-state index is -0.0166. The van der Waals surface area contributed by atoms with Gasteiger partial charge in [-0.15, -0.1) is 11.3 Å². The largest absolute Gasteiger partial charge is 0.350 e. The Labute approximate surface area is 163 Å². The van der Waals surface area contributed by atoms with Crippen LogP contribution >= 0.6 is 11.3 Å². The number of carbonyl (C=O) groups excluding carboxylic acids is 1. The van der Waals surface area contributed by atoms with Gasteiger partial charge in [0, 0.05) is 11.9 Å². The summed E-state index contributed by atoms with van der Waals surface area (Å²) in [5, 5.41) is 6.29. The second-order valence-electron chi connectivity index (χ2n) is 6.66. The van der Waals surface area contributed by atoms with E-state index in [2.05, 4.69) is 52.5 Å². The first-order valence-corrected chi connectivity index (χ1v) is 10.1. The Bertz CT molecular complexity index is 1030. The maximum Gasteiger partial charge on any atom is 0.267 e. The third kappa shape index (κ3) is 3.67. The number of fused-ring (bicyclic) bond motifs is 1. The van der Waals surface area contributed by atoms with Gasteiger partial charge in [0.15, 0.2) is 0 Å². The molecule has 4 heteroatoms. The molecule has 0 spiro atoms. The Kier molecular flexibility index (Phi) is 5.07. The Balaban J connectivity index is 1.58. The molecule has 2 aromatic carbocycles. The number of hydrogen-bond acceptors (Lipinski definition) is 2. The van der Waals surface area contributed by atoms with E-state index in [1.165, 1.54) is 11.1 Å². The molecule has 0 aliphatic heterocycles. The van der Waals surface area contributed by atoms with E-state index in [1.807, 2.05) is 42.5 Å². The number of nitrogens with one attached hydrogen (secondary N) is 1. The smallest absolute Gasteiger partial charge is 0.267 e. The molecule has 4 aromatic rings. The van der Waals surface area contributed by atoms with Gasteiger partial charge in [0.2, 0.25) is 0 Å². The minimum Gasteiger partial charge on any atom is -0.350 e. The summed E-state index contributed by atoms with van der Waals surface area (Å²) in [5.74, 6) is -0.0166. The van der Waals surface area contributed by atoms with Gasteiger partial charge in [-0.1, -0.05) is 60.7 Å². The SMILES string of the molecule is C[C@@H](c1ccccc1)n1c(C(=O)NCCc2ccccc2)cc2ccsc21. The molecule has 2 heterocycles. The summed E-state index contributed by atoms with van der Waals surface area (Å²) in [4.78, 5) is 14.1. The van der Waals surface area contributed by atoms with Crippen LogP contribution in [0.4, 0.5) is 0 Å². The van der Waals surface area contributed by atoms with Gasteiger partial charge in [-0.05, 0) is 42.0 Å². The van der Waals surface area contributed by atoms with Crippen LogP contribution < -0.4 is 5.32 Å². The summed E-state index contributed by atoms with van der Waals surface area (Å²) in [6.45, 7) is 2.77. The molecular formula is C23H22N2OS. The summed E-state index contributed by atoms with van der Waals surface area (Å²) < 4.78 is 2.16. The fourth-order valence-corrected chi connectivity index (χ4v) is 4.42. The number of hydrogen-bond donors (Lipinski definition) is 1. The first-order chi connectivity index (χ1) is 13.2. The summed E-state index contributed by atoms with van der Waals surface area (Å²) in [6, 6.07) is 24.7. The number of aromatic nitrogens is 1. The zero-order valence-electron chi connectivity index (χ0n) is 15.3. The van der Waals surface area contributed by atoms with Crippen LogP contribution in [0.15, 0.2) is 78.2 Å². The third-order valence-corrected chi connectivity index (χ3v) is 5.82. The molecule has 0 bridgehead atoms. The monoisotopic (exact) mass is 374 g/mol. The topological polar surface area (TPSA) is 34.0 Å². The first kappa shape index (κ1) is 17.6. The standard InChI is InChI=1S/C23H22N2OS/c1-17(19-10-6-3-7-11-19)25-21(16-20-13-15-27-23(20)25)22(26)24-14-12-18-8-4-2-5-9-18/h2-11,13,15-17H,12,14H2,1H3,(H,24,26)/t17-/m0/s1. The molecule has 2 aromatic heterocycles. The average molecular weight is 375 g/mol. The predicted octanol–water partition coefficient (Wildman–Crippen LogP) is 5.28. The van der Waals surface area contributed by atoms with Gasteiger partial charge in [0.05, 0.1) is 6.04 Å². The van der Waals surface area contributed by atoms with Gasteiger partial charge in [-0.25, -0.2) is 0 Å². The van der Waals surface area contributed by atoms with E-state index in [0.29, 0.717) is 6.54 Å². The van der Waals surface area contributed by atoms with Crippen molar-refractivity contribution in [2.45, 2.75) is 19.4 Å². The third-order valence-electron chi connectivity index (χ3n) is 4.89. The number of amides is 1. The summed E-state index contributed by atoms with van der Waals surface area (Å²) in [5.41, 5.74) is 3.15.